The molecule has 0 aliphatic carbocycles. The Hall–Kier alpha value is -3.30. The SMILES string of the molecule is O=C(c1cccc(F)c1)N(CC(=O)N1CCc2sccc2[C@H]1COc1cccc(F)c1)C[C@H]1CCCO1. The Morgan fingerprint density at radius 3 is 2.68 bits per heavy atom. The van der Waals surface area contributed by atoms with Crippen LogP contribution < -0.4 is 4.74 Å². The van der Waals surface area contributed by atoms with Crippen LogP contribution in [0.4, 0.5) is 8.78 Å². The summed E-state index contributed by atoms with van der Waals surface area (Å²) in [4.78, 5) is 31.4. The van der Waals surface area contributed by atoms with Gasteiger partial charge in [-0.15, -0.1) is 11.3 Å². The molecule has 0 unspecified atom stereocenters. The van der Waals surface area contributed by atoms with Crippen molar-refractivity contribution in [2.75, 3.05) is 32.8 Å². The molecule has 1 fully saturated rings. The molecule has 0 N–H and O–H groups in total. The van der Waals surface area contributed by atoms with E-state index in [0.29, 0.717) is 25.3 Å². The minimum atomic E-state index is -0.509. The molecule has 5 rings (SSSR count). The highest BCUT2D eigenvalue weighted by molar-refractivity contribution is 7.10. The van der Waals surface area contributed by atoms with Crippen LogP contribution in [0.25, 0.3) is 0 Å². The van der Waals surface area contributed by atoms with Crippen LogP contribution in [0.5, 0.6) is 5.75 Å². The second-order valence-corrected chi connectivity index (χ2v) is 10.3. The molecule has 2 atom stereocenters. The fourth-order valence-corrected chi connectivity index (χ4v) is 5.85. The van der Waals surface area contributed by atoms with Crippen LogP contribution in [-0.4, -0.2) is 60.6 Å². The van der Waals surface area contributed by atoms with Crippen molar-refractivity contribution < 1.29 is 27.8 Å². The van der Waals surface area contributed by atoms with Crippen LogP contribution in [0.3, 0.4) is 0 Å². The van der Waals surface area contributed by atoms with E-state index in [-0.39, 0.29) is 43.3 Å². The smallest absolute Gasteiger partial charge is 0.254 e. The van der Waals surface area contributed by atoms with E-state index in [0.717, 1.165) is 18.4 Å². The van der Waals surface area contributed by atoms with Gasteiger partial charge in [0.2, 0.25) is 5.91 Å². The predicted octanol–water partition coefficient (Wildman–Crippen LogP) is 4.85. The van der Waals surface area contributed by atoms with Gasteiger partial charge in [-0.2, -0.15) is 0 Å². The van der Waals surface area contributed by atoms with Gasteiger partial charge in [-0.05, 0) is 66.6 Å². The van der Waals surface area contributed by atoms with E-state index >= 15 is 0 Å². The van der Waals surface area contributed by atoms with Gasteiger partial charge in [-0.3, -0.25) is 9.59 Å². The molecule has 0 spiro atoms. The Labute approximate surface area is 218 Å². The lowest BCUT2D eigenvalue weighted by atomic mass is 10.00. The third-order valence-electron chi connectivity index (χ3n) is 6.75. The molecule has 2 amide bonds. The number of amides is 2. The van der Waals surface area contributed by atoms with Crippen molar-refractivity contribution >= 4 is 23.2 Å². The third kappa shape index (κ3) is 5.99. The summed E-state index contributed by atoms with van der Waals surface area (Å²) in [6.07, 6.45) is 2.24. The van der Waals surface area contributed by atoms with Crippen molar-refractivity contribution in [1.29, 1.82) is 0 Å². The number of carbonyl (C=O) groups excluding carboxylic acids is 2. The maximum Gasteiger partial charge on any atom is 0.254 e. The fourth-order valence-electron chi connectivity index (χ4n) is 4.92. The highest BCUT2D eigenvalue weighted by Gasteiger charge is 2.34. The minimum Gasteiger partial charge on any atom is -0.491 e. The molecule has 0 saturated carbocycles. The molecular weight excluding hydrogens is 498 g/mol. The Kier molecular flexibility index (Phi) is 7.81. The molecule has 37 heavy (non-hydrogen) atoms. The summed E-state index contributed by atoms with van der Waals surface area (Å²) in [6, 6.07) is 13.0. The molecule has 194 valence electrons. The highest BCUT2D eigenvalue weighted by atomic mass is 32.1. The van der Waals surface area contributed by atoms with Crippen molar-refractivity contribution in [3.05, 3.63) is 87.6 Å². The van der Waals surface area contributed by atoms with E-state index in [1.54, 1.807) is 34.4 Å². The summed E-state index contributed by atoms with van der Waals surface area (Å²) >= 11 is 1.64. The molecule has 9 heteroatoms. The third-order valence-corrected chi connectivity index (χ3v) is 7.75. The largest absolute Gasteiger partial charge is 0.491 e. The molecule has 2 aliphatic rings. The molecule has 6 nitrogen and oxygen atoms in total. The number of hydrogen-bond donors (Lipinski definition) is 0. The summed E-state index contributed by atoms with van der Waals surface area (Å²) in [7, 11) is 0. The van der Waals surface area contributed by atoms with Crippen molar-refractivity contribution in [2.45, 2.75) is 31.4 Å². The average Bonchev–Trinajstić information content (AvgIpc) is 3.58. The topological polar surface area (TPSA) is 59.1 Å². The highest BCUT2D eigenvalue weighted by Crippen LogP contribution is 2.34. The van der Waals surface area contributed by atoms with E-state index in [9.17, 15) is 18.4 Å². The number of benzene rings is 2. The Bertz CT molecular complexity index is 1260. The molecular formula is C28H28F2N2O4S. The lowest BCUT2D eigenvalue weighted by Gasteiger charge is -2.37. The molecule has 0 radical (unpaired) electrons. The summed E-state index contributed by atoms with van der Waals surface area (Å²) in [5.74, 6) is -1.16. The summed E-state index contributed by atoms with van der Waals surface area (Å²) < 4.78 is 39.2. The molecule has 2 aromatic carbocycles. The first-order chi connectivity index (χ1) is 18.0. The second kappa shape index (κ2) is 11.4. The van der Waals surface area contributed by atoms with E-state index < -0.39 is 17.5 Å². The van der Waals surface area contributed by atoms with Gasteiger partial charge in [-0.1, -0.05) is 12.1 Å². The van der Waals surface area contributed by atoms with Crippen molar-refractivity contribution in [1.82, 2.24) is 9.80 Å². The van der Waals surface area contributed by atoms with Crippen LogP contribution in [0.15, 0.2) is 60.0 Å². The number of ether oxygens (including phenoxy) is 2. The van der Waals surface area contributed by atoms with E-state index in [1.165, 1.54) is 40.1 Å². The van der Waals surface area contributed by atoms with Crippen LogP contribution in [0.2, 0.25) is 0 Å². The quantitative estimate of drug-likeness (QED) is 0.421. The van der Waals surface area contributed by atoms with Gasteiger partial charge in [0, 0.05) is 36.2 Å². The van der Waals surface area contributed by atoms with Crippen LogP contribution in [0, 0.1) is 11.6 Å². The van der Waals surface area contributed by atoms with Gasteiger partial charge >= 0.3 is 0 Å². The maximum atomic E-state index is 13.9. The van der Waals surface area contributed by atoms with Gasteiger partial charge in [-0.25, -0.2) is 8.78 Å². The number of hydrogen-bond acceptors (Lipinski definition) is 5. The number of thiophene rings is 1. The molecule has 3 heterocycles. The van der Waals surface area contributed by atoms with Crippen LogP contribution >= 0.6 is 11.3 Å². The van der Waals surface area contributed by atoms with Crippen LogP contribution in [0.1, 0.15) is 39.7 Å². The first-order valence-electron chi connectivity index (χ1n) is 12.4. The number of fused-ring (bicyclic) bond motifs is 1. The van der Waals surface area contributed by atoms with Gasteiger partial charge in [0.1, 0.15) is 30.5 Å². The number of rotatable bonds is 8. The average molecular weight is 527 g/mol. The normalized spacial score (nSPS) is 18.9. The van der Waals surface area contributed by atoms with Gasteiger partial charge in [0.25, 0.3) is 5.91 Å². The predicted molar refractivity (Wildman–Crippen MR) is 136 cm³/mol. The lowest BCUT2D eigenvalue weighted by Crippen LogP contribution is -2.49. The van der Waals surface area contributed by atoms with Crippen molar-refractivity contribution in [2.24, 2.45) is 0 Å². The summed E-state index contributed by atoms with van der Waals surface area (Å²) in [5.41, 5.74) is 1.19. The fraction of sp³-hybridized carbons (Fsp3) is 0.357. The maximum absolute atomic E-state index is 13.9. The molecule has 2 aliphatic heterocycles. The lowest BCUT2D eigenvalue weighted by molar-refractivity contribution is -0.135. The van der Waals surface area contributed by atoms with Gasteiger partial charge in [0.15, 0.2) is 0 Å². The Balaban J connectivity index is 1.36. The summed E-state index contributed by atoms with van der Waals surface area (Å²) in [6.45, 7) is 1.34. The molecule has 1 aromatic heterocycles. The van der Waals surface area contributed by atoms with Crippen molar-refractivity contribution in [3.8, 4) is 5.75 Å². The van der Waals surface area contributed by atoms with Crippen LogP contribution in [-0.2, 0) is 16.0 Å². The minimum absolute atomic E-state index is 0.155. The monoisotopic (exact) mass is 526 g/mol. The molecule has 1 saturated heterocycles. The molecule has 3 aromatic rings. The van der Waals surface area contributed by atoms with E-state index in [2.05, 4.69) is 0 Å². The zero-order chi connectivity index (χ0) is 25.8. The first kappa shape index (κ1) is 25.4. The Morgan fingerprint density at radius 2 is 1.92 bits per heavy atom. The number of nitrogens with zero attached hydrogens (tertiary/aromatic N) is 2. The summed E-state index contributed by atoms with van der Waals surface area (Å²) in [5, 5.41) is 1.99. The number of carbonyl (C=O) groups is 2. The second-order valence-electron chi connectivity index (χ2n) is 9.25. The standard InChI is InChI=1S/C28H28F2N2O4S/c29-20-5-1-4-19(14-20)28(34)31(16-23-8-3-12-35-23)17-27(33)32-11-9-26-24(10-13-37-26)25(32)18-36-22-7-2-6-21(30)15-22/h1-2,4-7,10,13-15,23,25H,3,8-9,11-12,16-18H2/t23-,25-/m1/s1. The zero-order valence-corrected chi connectivity index (χ0v) is 21.1. The van der Waals surface area contributed by atoms with Gasteiger partial charge < -0.3 is 19.3 Å². The van der Waals surface area contributed by atoms with E-state index in [4.69, 9.17) is 9.47 Å². The van der Waals surface area contributed by atoms with Crippen molar-refractivity contribution in [3.63, 3.8) is 0 Å². The zero-order valence-electron chi connectivity index (χ0n) is 20.3. The Morgan fingerprint density at radius 1 is 1.11 bits per heavy atom. The van der Waals surface area contributed by atoms with E-state index in [1.807, 2.05) is 11.4 Å². The number of halogens is 2. The molecule has 0 bridgehead atoms. The van der Waals surface area contributed by atoms with Gasteiger partial charge in [0.05, 0.1) is 12.1 Å². The first-order valence-corrected chi connectivity index (χ1v) is 13.3.